The molecular weight excluding hydrogens is 1640 g/mol. The standard InChI is InChI=1S/C80H129N23O22/c1-9-44(8)65(103-71(117)53(22-16-32-88-80(85)86)97-72(118)55(33-41(2)3)99-66(112)49(81)34-46-23-26-48(106)27-24-46)77(123)102-63(42(4)5)75(121)92-47(25-29-59(82)107)36-89-50-19-13-14-20-51(67(113)90-37-60(108)93-56(78(124)125)35-45-17-11-10-12-18-45)95-73(119)57(39-104)94-61(109)38-91-68(114)54(28-30-62(110)111)98-76(122)64(43(6)7)101-74(120)58(40-105)100-70(116)52(96-69(50)115)21-15-31-87-79(83)84/h10-12,17-18,23-24,26-27,41-44,47,49-58,63-65,89,104-106H,9,13-16,19-22,25,28-40,81H2,1-8H3,(H2,82,107)(H,90,113)(H,91,114)(H,92,121)(H,93,108)(H,94,109)(H,95,119)(H,96,115)(H,97,118)(H,98,122)(H,99,112)(H,100,116)(H,101,120)(H,102,123)(H,103,117)(H,110,111)(H,124,125)(H4,83,84,87)(H4,85,86,88)/t44?,47-,49+,50-,51+,52-,53-,54+,55-,56+,57?,58-,63-,64-,65-/m1/s1. The summed E-state index contributed by atoms with van der Waals surface area (Å²) in [5.41, 5.74) is 24.2. The van der Waals surface area contributed by atoms with Crippen LogP contribution in [0.3, 0.4) is 0 Å². The lowest BCUT2D eigenvalue weighted by Gasteiger charge is -2.31. The Morgan fingerprint density at radius 2 is 1.10 bits per heavy atom. The average molecular weight is 1770 g/mol. The molecule has 2 unspecified atom stereocenters. The number of phenols is 1. The molecule has 0 aromatic heterocycles. The van der Waals surface area contributed by atoms with Gasteiger partial charge in [0.15, 0.2) is 11.9 Å². The minimum absolute atomic E-state index is 0.00507. The summed E-state index contributed by atoms with van der Waals surface area (Å²) in [6.07, 6.45) is -3.00. The Balaban J connectivity index is 2.19. The molecule has 0 saturated carbocycles. The second kappa shape index (κ2) is 55.7. The highest BCUT2D eigenvalue weighted by Gasteiger charge is 2.39. The third-order valence-corrected chi connectivity index (χ3v) is 20.2. The van der Waals surface area contributed by atoms with Crippen LogP contribution in [0, 0.1) is 34.5 Å². The maximum absolute atomic E-state index is 15.2. The SMILES string of the molecule is CCC(C)[C@@H](NC(=O)[C@@H](CCCNC(=N)N)NC(=O)[C@@H](CC(C)C)NC(=O)[C@@H](N)Cc1ccc(O)cc1)C(=O)N[C@@H](C(=O)N[C@H](CCC(N)=O)CN[C@@H]1CCCC[C@@H](C(=O)NCC(=O)N[C@@H](Cc2ccccc2)C(=O)O)NC(=O)C(CO)NC(=O)CNC(=O)[C@H](CCC(=O)O)NC(=O)[C@@H](C(C)C)NC(=O)[C@@H](CO)NC(=O)[C@@H](CCCNC(=N)N)NC1=O)C(C)C. The number of hydrogen-bond donors (Lipinski definition) is 28. The lowest BCUT2D eigenvalue weighted by molar-refractivity contribution is -0.142. The molecule has 1 aliphatic heterocycles. The number of amides is 15. The number of carbonyl (C=O) groups is 17. The van der Waals surface area contributed by atoms with Crippen LogP contribution >= 0.6 is 0 Å². The zero-order chi connectivity index (χ0) is 93.7. The van der Waals surface area contributed by atoms with E-state index in [4.69, 9.17) is 33.8 Å². The van der Waals surface area contributed by atoms with Crippen LogP contribution in [-0.2, 0) is 94.3 Å². The molecule has 696 valence electrons. The molecule has 125 heavy (non-hydrogen) atoms. The van der Waals surface area contributed by atoms with Gasteiger partial charge in [0, 0.05) is 44.9 Å². The largest absolute Gasteiger partial charge is 0.508 e. The molecule has 1 aliphatic rings. The monoisotopic (exact) mass is 1760 g/mol. The Bertz CT molecular complexity index is 3970. The Kier molecular flexibility index (Phi) is 47.6. The van der Waals surface area contributed by atoms with Crippen molar-refractivity contribution >= 4 is 112 Å². The summed E-state index contributed by atoms with van der Waals surface area (Å²) in [5, 5.41) is 109. The topological polar surface area (TPSA) is 748 Å². The number of aromatic hydroxyl groups is 1. The summed E-state index contributed by atoms with van der Waals surface area (Å²) in [7, 11) is 0. The molecule has 3 rings (SSSR count). The first kappa shape index (κ1) is 107. The van der Waals surface area contributed by atoms with Crippen molar-refractivity contribution in [2.75, 3.05) is 45.9 Å². The number of carboxylic acid groups (broad SMARTS) is 2. The van der Waals surface area contributed by atoms with E-state index in [9.17, 15) is 102 Å². The molecule has 1 fully saturated rings. The summed E-state index contributed by atoms with van der Waals surface area (Å²) >= 11 is 0. The van der Waals surface area contributed by atoms with Gasteiger partial charge in [-0.05, 0) is 111 Å². The molecule has 15 atom stereocenters. The first-order chi connectivity index (χ1) is 59.0. The fraction of sp³-hybridized carbons (Fsp3) is 0.613. The van der Waals surface area contributed by atoms with Crippen molar-refractivity contribution in [3.8, 4) is 5.75 Å². The highest BCUT2D eigenvalue weighted by Crippen LogP contribution is 2.18. The van der Waals surface area contributed by atoms with Crippen molar-refractivity contribution in [3.63, 3.8) is 0 Å². The van der Waals surface area contributed by atoms with Gasteiger partial charge in [-0.1, -0.05) is 117 Å². The average Bonchev–Trinajstić information content (AvgIpc) is 0.856. The van der Waals surface area contributed by atoms with Gasteiger partial charge in [0.2, 0.25) is 88.6 Å². The summed E-state index contributed by atoms with van der Waals surface area (Å²) < 4.78 is 0. The molecule has 1 saturated heterocycles. The van der Waals surface area contributed by atoms with Crippen LogP contribution in [0.25, 0.3) is 0 Å². The number of hydrogen-bond acceptors (Lipinski definition) is 24. The van der Waals surface area contributed by atoms with E-state index >= 15 is 4.79 Å². The van der Waals surface area contributed by atoms with Crippen LogP contribution in [0.4, 0.5) is 0 Å². The van der Waals surface area contributed by atoms with Crippen molar-refractivity contribution in [2.24, 2.45) is 46.6 Å². The van der Waals surface area contributed by atoms with Crippen molar-refractivity contribution in [2.45, 2.75) is 243 Å². The number of benzene rings is 2. The minimum atomic E-state index is -1.90. The third-order valence-electron chi connectivity index (χ3n) is 20.2. The zero-order valence-electron chi connectivity index (χ0n) is 71.8. The molecule has 45 heteroatoms. The minimum Gasteiger partial charge on any atom is -0.508 e. The molecule has 0 radical (unpaired) electrons. The fourth-order valence-corrected chi connectivity index (χ4v) is 12.9. The van der Waals surface area contributed by atoms with Crippen LogP contribution in [0.1, 0.15) is 156 Å². The maximum Gasteiger partial charge on any atom is 0.326 e. The molecule has 0 aliphatic carbocycles. The highest BCUT2D eigenvalue weighted by atomic mass is 16.4. The van der Waals surface area contributed by atoms with E-state index < -0.39 is 261 Å². The molecule has 1 heterocycles. The second-order valence-corrected chi connectivity index (χ2v) is 31.7. The van der Waals surface area contributed by atoms with Gasteiger partial charge in [-0.25, -0.2) is 4.79 Å². The van der Waals surface area contributed by atoms with E-state index in [2.05, 4.69) is 90.4 Å². The second-order valence-electron chi connectivity index (χ2n) is 31.7. The first-order valence-electron chi connectivity index (χ1n) is 41.6. The van der Waals surface area contributed by atoms with Gasteiger partial charge in [-0.15, -0.1) is 0 Å². The number of aliphatic hydroxyl groups is 2. The quantitative estimate of drug-likeness (QED) is 0.0167. The number of aliphatic hydroxyl groups excluding tert-OH is 2. The summed E-state index contributed by atoms with van der Waals surface area (Å²) in [6.45, 7) is 8.47. The Morgan fingerprint density at radius 1 is 0.544 bits per heavy atom. The van der Waals surface area contributed by atoms with Gasteiger partial charge in [-0.2, -0.15) is 0 Å². The number of nitrogens with one attached hydrogen (secondary N) is 19. The summed E-state index contributed by atoms with van der Waals surface area (Å²) in [4.78, 5) is 236. The Labute approximate surface area is 724 Å². The predicted octanol–water partition coefficient (Wildman–Crippen LogP) is -6.78. The van der Waals surface area contributed by atoms with Crippen LogP contribution in [0.2, 0.25) is 0 Å². The number of aliphatic carboxylic acids is 2. The zero-order valence-corrected chi connectivity index (χ0v) is 71.8. The molecule has 0 bridgehead atoms. The normalized spacial score (nSPS) is 19.8. The van der Waals surface area contributed by atoms with E-state index in [0.717, 1.165) is 0 Å². The molecule has 15 amide bonds. The first-order valence-corrected chi connectivity index (χ1v) is 41.6. The van der Waals surface area contributed by atoms with Gasteiger partial charge >= 0.3 is 11.9 Å². The Morgan fingerprint density at radius 3 is 1.68 bits per heavy atom. The van der Waals surface area contributed by atoms with Crippen LogP contribution in [0.15, 0.2) is 54.6 Å². The molecular formula is C80H129N23O22. The van der Waals surface area contributed by atoms with E-state index in [1.54, 1.807) is 84.0 Å². The van der Waals surface area contributed by atoms with Gasteiger partial charge in [-0.3, -0.25) is 87.5 Å². The summed E-state index contributed by atoms with van der Waals surface area (Å²) in [5.74, 6) is -21.0. The number of guanidine groups is 2. The third kappa shape index (κ3) is 40.7. The number of rotatable bonds is 44. The molecule has 32 N–H and O–H groups in total. The number of carbonyl (C=O) groups excluding carboxylic acids is 15. The molecule has 2 aromatic carbocycles. The smallest absolute Gasteiger partial charge is 0.326 e. The Hall–Kier alpha value is -12.4. The number of primary amides is 1. The van der Waals surface area contributed by atoms with E-state index in [0.29, 0.717) is 11.1 Å². The molecule has 0 spiro atoms. The molecule has 45 nitrogen and oxygen atoms in total. The number of phenolic OH excluding ortho intramolecular Hbond substituents is 1. The number of carboxylic acids is 2. The molecule has 2 aromatic rings. The van der Waals surface area contributed by atoms with Crippen molar-refractivity contribution in [1.82, 2.24) is 90.4 Å². The van der Waals surface area contributed by atoms with E-state index in [1.165, 1.54) is 26.0 Å². The van der Waals surface area contributed by atoms with Gasteiger partial charge in [0.05, 0.1) is 38.4 Å². The maximum atomic E-state index is 15.2. The van der Waals surface area contributed by atoms with Crippen molar-refractivity contribution < 1.29 is 107 Å². The van der Waals surface area contributed by atoms with Crippen LogP contribution in [-0.4, -0.2) is 269 Å². The van der Waals surface area contributed by atoms with Crippen LogP contribution < -0.4 is 113 Å². The predicted molar refractivity (Wildman–Crippen MR) is 453 cm³/mol. The summed E-state index contributed by atoms with van der Waals surface area (Å²) in [6, 6.07) is -6.98. The van der Waals surface area contributed by atoms with E-state index in [-0.39, 0.29) is 114 Å². The van der Waals surface area contributed by atoms with Gasteiger partial charge in [0.25, 0.3) is 0 Å². The highest BCUT2D eigenvalue weighted by molar-refractivity contribution is 6.00. The van der Waals surface area contributed by atoms with Crippen molar-refractivity contribution in [1.29, 1.82) is 10.8 Å². The lowest BCUT2D eigenvalue weighted by Crippen LogP contribution is -2.61. The fourth-order valence-electron chi connectivity index (χ4n) is 12.9. The van der Waals surface area contributed by atoms with E-state index in [1.807, 2.05) is 0 Å². The van der Waals surface area contributed by atoms with Gasteiger partial charge < -0.3 is 139 Å². The lowest BCUT2D eigenvalue weighted by atomic mass is 9.95. The van der Waals surface area contributed by atoms with Crippen molar-refractivity contribution in [3.05, 3.63) is 65.7 Å². The van der Waals surface area contributed by atoms with Crippen LogP contribution in [0.5, 0.6) is 5.75 Å². The number of nitrogens with two attached hydrogens (primary N) is 4. The van der Waals surface area contributed by atoms with Gasteiger partial charge in [0.1, 0.15) is 72.2 Å².